The highest BCUT2D eigenvalue weighted by Crippen LogP contribution is 2.42. The number of aliphatic imine (C=N–C) groups is 2. The number of aryl methyl sites for hydroxylation is 2. The van der Waals surface area contributed by atoms with Crippen LogP contribution in [0.4, 0.5) is 23.3 Å². The molecule has 3 N–H and O–H groups in total. The number of aliphatic carboxylic acids is 1. The number of rotatable bonds is 7. The molecule has 10 rings (SSSR count). The van der Waals surface area contributed by atoms with E-state index in [2.05, 4.69) is 50.5 Å². The van der Waals surface area contributed by atoms with Gasteiger partial charge in [-0.15, -0.1) is 22.7 Å². The first-order chi connectivity index (χ1) is 26.8. The fourth-order valence-electron chi connectivity index (χ4n) is 7.67. The van der Waals surface area contributed by atoms with Crippen LogP contribution in [-0.4, -0.2) is 77.8 Å². The van der Waals surface area contributed by atoms with E-state index >= 15 is 0 Å². The first-order valence-electron chi connectivity index (χ1n) is 18.3. The first-order valence-corrected chi connectivity index (χ1v) is 20.0. The number of carbonyl (C=O) groups is 2. The van der Waals surface area contributed by atoms with Crippen LogP contribution >= 0.6 is 22.7 Å². The summed E-state index contributed by atoms with van der Waals surface area (Å²) in [5, 5.41) is 18.1. The number of aromatic nitrogens is 6. The largest absolute Gasteiger partial charge is 0.481 e. The average Bonchev–Trinajstić information content (AvgIpc) is 4.01. The standard InChI is InChI=1S/C21H22N6OS.C18H15N5O2S/c1-3-27(2)21(28)12-4-5-15-16(6-12)29-20-18(15)19(24-11-25-20)26-17-7-13-8-22-9-14(13)10-23-17;24-18(25)9-1-2-12-13(3-9)26-17-15(12)16(21-8-22-17)23-14-4-10-5-19-6-11(10)7-20-14/h7-8,10-12H,3-6,9H2,1-2H3,(H,23,24,25,26);4-5,7-9H,1-3,6H2,(H,24,25)(H,20,21,22,23)/t12-;9-/m00/s1. The fourth-order valence-corrected chi connectivity index (χ4v) is 10.2. The molecule has 14 nitrogen and oxygen atoms in total. The normalized spacial score (nSPS) is 17.6. The summed E-state index contributed by atoms with van der Waals surface area (Å²) in [5.41, 5.74) is 6.89. The summed E-state index contributed by atoms with van der Waals surface area (Å²) in [5.74, 6) is 2.25. The molecule has 6 aromatic rings. The van der Waals surface area contributed by atoms with Gasteiger partial charge >= 0.3 is 5.97 Å². The van der Waals surface area contributed by atoms with Crippen molar-refractivity contribution in [3.63, 3.8) is 0 Å². The molecule has 2 aliphatic carbocycles. The molecule has 16 heteroatoms. The molecule has 0 aromatic carbocycles. The molecule has 278 valence electrons. The summed E-state index contributed by atoms with van der Waals surface area (Å²) < 4.78 is 0. The van der Waals surface area contributed by atoms with Crippen molar-refractivity contribution in [2.24, 2.45) is 21.8 Å². The quantitative estimate of drug-likeness (QED) is 0.166. The number of hydrogen-bond acceptors (Lipinski definition) is 14. The molecule has 1 amide bonds. The van der Waals surface area contributed by atoms with E-state index in [0.717, 1.165) is 103 Å². The number of carboxylic acids is 1. The van der Waals surface area contributed by atoms with Gasteiger partial charge in [-0.2, -0.15) is 0 Å². The molecule has 6 aromatic heterocycles. The Morgan fingerprint density at radius 2 is 1.27 bits per heavy atom. The summed E-state index contributed by atoms with van der Waals surface area (Å²) >= 11 is 3.25. The molecule has 55 heavy (non-hydrogen) atoms. The minimum Gasteiger partial charge on any atom is -0.481 e. The topological polar surface area (TPSA) is 184 Å². The van der Waals surface area contributed by atoms with Crippen LogP contribution in [-0.2, 0) is 48.4 Å². The molecule has 0 radical (unpaired) electrons. The Hall–Kier alpha value is -5.74. The predicted octanol–water partition coefficient (Wildman–Crippen LogP) is 6.30. The maximum absolute atomic E-state index is 12.6. The Morgan fingerprint density at radius 3 is 1.78 bits per heavy atom. The molecular weight excluding hydrogens is 735 g/mol. The Morgan fingerprint density at radius 1 is 0.764 bits per heavy atom. The van der Waals surface area contributed by atoms with E-state index in [1.54, 1.807) is 29.0 Å². The van der Waals surface area contributed by atoms with Gasteiger partial charge in [0, 0.05) is 76.3 Å². The third-order valence-electron chi connectivity index (χ3n) is 10.8. The first kappa shape index (κ1) is 35.0. The van der Waals surface area contributed by atoms with Gasteiger partial charge in [0.15, 0.2) is 0 Å². The molecule has 0 bridgehead atoms. The van der Waals surface area contributed by atoms with Gasteiger partial charge in [-0.05, 0) is 68.7 Å². The number of amides is 1. The van der Waals surface area contributed by atoms with Gasteiger partial charge in [0.1, 0.15) is 45.6 Å². The molecule has 0 spiro atoms. The van der Waals surface area contributed by atoms with Gasteiger partial charge in [-0.1, -0.05) is 0 Å². The zero-order valence-corrected chi connectivity index (χ0v) is 31.9. The molecule has 2 atom stereocenters. The lowest BCUT2D eigenvalue weighted by Crippen LogP contribution is -2.35. The predicted molar refractivity (Wildman–Crippen MR) is 214 cm³/mol. The third kappa shape index (κ3) is 6.69. The van der Waals surface area contributed by atoms with E-state index in [1.165, 1.54) is 22.3 Å². The summed E-state index contributed by atoms with van der Waals surface area (Å²) in [7, 11) is 1.88. The SMILES string of the molecule is CCN(C)C(=O)[C@H]1CCc2c(sc3ncnc(Nc4cc5c(cn4)CN=C5)c23)C1.O=C(O)[C@H]1CCc2c(sc3ncnc(Nc4cc5c(cn4)CN=C5)c23)C1. The average molecular weight is 772 g/mol. The van der Waals surface area contributed by atoms with E-state index in [9.17, 15) is 14.7 Å². The number of carboxylic acid groups (broad SMARTS) is 1. The van der Waals surface area contributed by atoms with E-state index in [0.29, 0.717) is 25.9 Å². The summed E-state index contributed by atoms with van der Waals surface area (Å²) in [6.07, 6.45) is 15.0. The van der Waals surface area contributed by atoms with Gasteiger partial charge in [0.25, 0.3) is 0 Å². The zero-order valence-electron chi connectivity index (χ0n) is 30.2. The van der Waals surface area contributed by atoms with Gasteiger partial charge < -0.3 is 20.6 Å². The van der Waals surface area contributed by atoms with Crippen LogP contribution in [0, 0.1) is 11.8 Å². The van der Waals surface area contributed by atoms with Gasteiger partial charge in [-0.25, -0.2) is 29.9 Å². The number of pyridine rings is 2. The van der Waals surface area contributed by atoms with Crippen molar-refractivity contribution in [1.29, 1.82) is 0 Å². The van der Waals surface area contributed by atoms with Crippen LogP contribution < -0.4 is 10.6 Å². The minimum absolute atomic E-state index is 0.0579. The van der Waals surface area contributed by atoms with Crippen LogP contribution in [0.25, 0.3) is 20.4 Å². The van der Waals surface area contributed by atoms with E-state index in [1.807, 2.05) is 55.8 Å². The fraction of sp³-hybridized carbons (Fsp3) is 0.333. The monoisotopic (exact) mass is 771 g/mol. The molecule has 8 heterocycles. The molecule has 2 aliphatic heterocycles. The molecule has 0 fully saturated rings. The van der Waals surface area contributed by atoms with Crippen molar-refractivity contribution in [3.05, 3.63) is 80.3 Å². The molecular formula is C39H37N11O3S2. The molecule has 0 saturated heterocycles. The molecule has 0 unspecified atom stereocenters. The maximum Gasteiger partial charge on any atom is 0.306 e. The number of fused-ring (bicyclic) bond motifs is 8. The van der Waals surface area contributed by atoms with Crippen LogP contribution in [0.5, 0.6) is 0 Å². The summed E-state index contributed by atoms with van der Waals surface area (Å²) in [6, 6.07) is 3.98. The maximum atomic E-state index is 12.6. The number of nitrogens with one attached hydrogen (secondary N) is 2. The number of hydrogen-bond donors (Lipinski definition) is 3. The number of carbonyl (C=O) groups excluding carboxylic acids is 1. The van der Waals surface area contributed by atoms with Crippen LogP contribution in [0.1, 0.15) is 62.9 Å². The van der Waals surface area contributed by atoms with E-state index < -0.39 is 5.97 Å². The second-order valence-corrected chi connectivity index (χ2v) is 16.3. The highest BCUT2D eigenvalue weighted by Gasteiger charge is 2.31. The minimum atomic E-state index is -0.721. The Labute approximate surface area is 324 Å². The summed E-state index contributed by atoms with van der Waals surface area (Å²) in [4.78, 5) is 65.3. The van der Waals surface area contributed by atoms with Crippen molar-refractivity contribution in [3.8, 4) is 0 Å². The number of anilines is 4. The molecule has 4 aliphatic rings. The van der Waals surface area contributed by atoms with Crippen molar-refractivity contribution < 1.29 is 14.7 Å². The van der Waals surface area contributed by atoms with Gasteiger partial charge in [-0.3, -0.25) is 19.6 Å². The summed E-state index contributed by atoms with van der Waals surface area (Å²) in [6.45, 7) is 4.14. The Bertz CT molecular complexity index is 2560. The molecule has 0 saturated carbocycles. The van der Waals surface area contributed by atoms with Gasteiger partial charge in [0.05, 0.1) is 29.8 Å². The lowest BCUT2D eigenvalue weighted by molar-refractivity contribution is -0.142. The van der Waals surface area contributed by atoms with Crippen LogP contribution in [0.15, 0.2) is 47.2 Å². The highest BCUT2D eigenvalue weighted by molar-refractivity contribution is 7.19. The van der Waals surface area contributed by atoms with E-state index in [4.69, 9.17) is 0 Å². The third-order valence-corrected chi connectivity index (χ3v) is 13.1. The van der Waals surface area contributed by atoms with Crippen LogP contribution in [0.3, 0.4) is 0 Å². The van der Waals surface area contributed by atoms with Crippen molar-refractivity contribution in [2.45, 2.75) is 58.5 Å². The lowest BCUT2D eigenvalue weighted by Gasteiger charge is -2.26. The highest BCUT2D eigenvalue weighted by atomic mass is 32.1. The van der Waals surface area contributed by atoms with Crippen LogP contribution in [0.2, 0.25) is 0 Å². The van der Waals surface area contributed by atoms with Crippen molar-refractivity contribution in [2.75, 3.05) is 24.2 Å². The smallest absolute Gasteiger partial charge is 0.306 e. The number of nitrogens with zero attached hydrogens (tertiary/aromatic N) is 9. The Balaban J connectivity index is 0.000000145. The van der Waals surface area contributed by atoms with Crippen molar-refractivity contribution >= 4 is 90.7 Å². The second-order valence-electron chi connectivity index (χ2n) is 14.1. The van der Waals surface area contributed by atoms with E-state index in [-0.39, 0.29) is 17.7 Å². The lowest BCUT2D eigenvalue weighted by atomic mass is 9.87. The number of thiophene rings is 2. The van der Waals surface area contributed by atoms with Crippen molar-refractivity contribution in [1.82, 2.24) is 34.8 Å². The zero-order chi connectivity index (χ0) is 37.6. The second kappa shape index (κ2) is 14.5. The Kier molecular flexibility index (Phi) is 9.22. The van der Waals surface area contributed by atoms with Gasteiger partial charge in [0.2, 0.25) is 5.91 Å².